The summed E-state index contributed by atoms with van der Waals surface area (Å²) >= 11 is 1.46. The summed E-state index contributed by atoms with van der Waals surface area (Å²) in [4.78, 5) is 16.0. The quantitative estimate of drug-likeness (QED) is 0.720. The van der Waals surface area contributed by atoms with Gasteiger partial charge >= 0.3 is 0 Å². The van der Waals surface area contributed by atoms with Gasteiger partial charge in [-0.1, -0.05) is 0 Å². The summed E-state index contributed by atoms with van der Waals surface area (Å²) in [6.07, 6.45) is 0.215. The van der Waals surface area contributed by atoms with E-state index in [0.717, 1.165) is 5.01 Å². The van der Waals surface area contributed by atoms with Crippen molar-refractivity contribution in [2.75, 3.05) is 6.61 Å². The summed E-state index contributed by atoms with van der Waals surface area (Å²) in [5.41, 5.74) is 5.81. The van der Waals surface area contributed by atoms with Crippen LogP contribution in [0.25, 0.3) is 0 Å². The lowest BCUT2D eigenvalue weighted by molar-refractivity contribution is -0.122. The van der Waals surface area contributed by atoms with Crippen LogP contribution in [0.4, 0.5) is 0 Å². The lowest BCUT2D eigenvalue weighted by atomic mass is 10.1. The van der Waals surface area contributed by atoms with Gasteiger partial charge in [-0.05, 0) is 20.8 Å². The Hall–Kier alpha value is -0.980. The Morgan fingerprint density at radius 2 is 2.35 bits per heavy atom. The van der Waals surface area contributed by atoms with Crippen LogP contribution in [0, 0.1) is 0 Å². The number of nitrogens with two attached hydrogens (primary N) is 1. The van der Waals surface area contributed by atoms with Gasteiger partial charge in [0.05, 0.1) is 30.3 Å². The second kappa shape index (κ2) is 5.57. The van der Waals surface area contributed by atoms with E-state index in [1.165, 1.54) is 11.3 Å². The van der Waals surface area contributed by atoms with Crippen molar-refractivity contribution < 1.29 is 9.90 Å². The average Bonchev–Trinajstić information content (AvgIpc) is 2.65. The molecule has 1 rings (SSSR count). The summed E-state index contributed by atoms with van der Waals surface area (Å²) in [6, 6.07) is -0.106. The molecule has 1 atom stereocenters. The molecular formula is C11H19N3O2S. The van der Waals surface area contributed by atoms with Crippen LogP contribution in [0.1, 0.15) is 37.5 Å². The number of carbonyl (C=O) groups excluding carboxylic acids is 1. The molecule has 1 aromatic heterocycles. The molecule has 0 aliphatic rings. The number of aromatic nitrogens is 1. The van der Waals surface area contributed by atoms with Crippen molar-refractivity contribution in [1.82, 2.24) is 10.3 Å². The highest BCUT2D eigenvalue weighted by atomic mass is 32.1. The molecule has 5 nitrogen and oxygen atoms in total. The van der Waals surface area contributed by atoms with Crippen molar-refractivity contribution in [1.29, 1.82) is 0 Å². The Morgan fingerprint density at radius 1 is 1.71 bits per heavy atom. The fraction of sp³-hybridized carbons (Fsp3) is 0.636. The second-order valence-corrected chi connectivity index (χ2v) is 5.62. The molecular weight excluding hydrogens is 238 g/mol. The molecule has 0 saturated heterocycles. The Labute approximate surface area is 105 Å². The summed E-state index contributed by atoms with van der Waals surface area (Å²) in [5, 5.41) is 14.4. The maximum Gasteiger partial charge on any atom is 0.226 e. The van der Waals surface area contributed by atoms with Gasteiger partial charge in [0.25, 0.3) is 0 Å². The molecule has 17 heavy (non-hydrogen) atoms. The highest BCUT2D eigenvalue weighted by Gasteiger charge is 2.19. The van der Waals surface area contributed by atoms with Crippen LogP contribution in [0.2, 0.25) is 0 Å². The van der Waals surface area contributed by atoms with Gasteiger partial charge < -0.3 is 16.2 Å². The van der Waals surface area contributed by atoms with E-state index in [9.17, 15) is 4.79 Å². The summed E-state index contributed by atoms with van der Waals surface area (Å²) in [5.74, 6) is -0.148. The molecule has 0 bridgehead atoms. The van der Waals surface area contributed by atoms with Crippen molar-refractivity contribution in [2.45, 2.75) is 38.8 Å². The zero-order valence-corrected chi connectivity index (χ0v) is 11.2. The maximum atomic E-state index is 11.7. The number of hydrogen-bond acceptors (Lipinski definition) is 5. The molecule has 4 N–H and O–H groups in total. The van der Waals surface area contributed by atoms with E-state index < -0.39 is 5.54 Å². The minimum Gasteiger partial charge on any atom is -0.394 e. The van der Waals surface area contributed by atoms with E-state index in [1.807, 2.05) is 12.3 Å². The van der Waals surface area contributed by atoms with E-state index in [-0.39, 0.29) is 25.0 Å². The first-order chi connectivity index (χ1) is 7.84. The number of amides is 1. The predicted octanol–water partition coefficient (Wildman–Crippen LogP) is 0.592. The van der Waals surface area contributed by atoms with Crippen molar-refractivity contribution in [2.24, 2.45) is 5.73 Å². The standard InChI is InChI=1S/C11H19N3O2S/c1-7(12)10-13-8(5-17-10)4-9(16)14-11(2,3)6-15/h5,7,15H,4,6,12H2,1-3H3,(H,14,16). The first-order valence-electron chi connectivity index (χ1n) is 5.46. The third-order valence-corrected chi connectivity index (χ3v) is 3.27. The molecule has 1 unspecified atom stereocenters. The zero-order chi connectivity index (χ0) is 13.1. The summed E-state index contributed by atoms with van der Waals surface area (Å²) < 4.78 is 0. The molecule has 0 aliphatic heterocycles. The van der Waals surface area contributed by atoms with Crippen LogP contribution in [0.3, 0.4) is 0 Å². The molecule has 0 aliphatic carbocycles. The van der Waals surface area contributed by atoms with Crippen molar-refractivity contribution >= 4 is 17.2 Å². The Kier molecular flexibility index (Phi) is 4.62. The van der Waals surface area contributed by atoms with E-state index >= 15 is 0 Å². The van der Waals surface area contributed by atoms with Crippen molar-refractivity contribution in [3.05, 3.63) is 16.1 Å². The zero-order valence-electron chi connectivity index (χ0n) is 10.4. The second-order valence-electron chi connectivity index (χ2n) is 4.73. The first-order valence-corrected chi connectivity index (χ1v) is 6.34. The third-order valence-electron chi connectivity index (χ3n) is 2.17. The molecule has 1 amide bonds. The molecule has 96 valence electrons. The Balaban J connectivity index is 2.56. The largest absolute Gasteiger partial charge is 0.394 e. The summed E-state index contributed by atoms with van der Waals surface area (Å²) in [6.45, 7) is 5.29. The van der Waals surface area contributed by atoms with Gasteiger partial charge in [0.15, 0.2) is 0 Å². The van der Waals surface area contributed by atoms with Gasteiger partial charge in [0.1, 0.15) is 5.01 Å². The number of aliphatic hydroxyl groups is 1. The number of hydrogen-bond donors (Lipinski definition) is 3. The smallest absolute Gasteiger partial charge is 0.226 e. The number of nitrogens with zero attached hydrogens (tertiary/aromatic N) is 1. The van der Waals surface area contributed by atoms with Gasteiger partial charge in [-0.15, -0.1) is 11.3 Å². The fourth-order valence-electron chi connectivity index (χ4n) is 1.24. The van der Waals surface area contributed by atoms with Crippen LogP contribution in [0.5, 0.6) is 0 Å². The van der Waals surface area contributed by atoms with E-state index in [0.29, 0.717) is 5.69 Å². The molecule has 0 saturated carbocycles. The van der Waals surface area contributed by atoms with Crippen LogP contribution >= 0.6 is 11.3 Å². The molecule has 0 aromatic carbocycles. The SMILES string of the molecule is CC(N)c1nc(CC(=O)NC(C)(C)CO)cs1. The van der Waals surface area contributed by atoms with E-state index in [2.05, 4.69) is 10.3 Å². The monoisotopic (exact) mass is 257 g/mol. The Morgan fingerprint density at radius 3 is 2.82 bits per heavy atom. The van der Waals surface area contributed by atoms with Crippen LogP contribution in [-0.2, 0) is 11.2 Å². The van der Waals surface area contributed by atoms with Crippen LogP contribution in [0.15, 0.2) is 5.38 Å². The van der Waals surface area contributed by atoms with Gasteiger partial charge in [0.2, 0.25) is 5.91 Å². The fourth-order valence-corrected chi connectivity index (χ4v) is 2.02. The molecule has 6 heteroatoms. The highest BCUT2D eigenvalue weighted by molar-refractivity contribution is 7.09. The van der Waals surface area contributed by atoms with E-state index in [4.69, 9.17) is 10.8 Å². The highest BCUT2D eigenvalue weighted by Crippen LogP contribution is 2.16. The average molecular weight is 257 g/mol. The van der Waals surface area contributed by atoms with Crippen molar-refractivity contribution in [3.8, 4) is 0 Å². The summed E-state index contributed by atoms with van der Waals surface area (Å²) in [7, 11) is 0. The molecule has 1 aromatic rings. The molecule has 0 radical (unpaired) electrons. The van der Waals surface area contributed by atoms with Gasteiger partial charge in [-0.25, -0.2) is 4.98 Å². The van der Waals surface area contributed by atoms with Crippen molar-refractivity contribution in [3.63, 3.8) is 0 Å². The van der Waals surface area contributed by atoms with Crippen LogP contribution in [-0.4, -0.2) is 28.1 Å². The first kappa shape index (κ1) is 14.1. The van der Waals surface area contributed by atoms with Crippen LogP contribution < -0.4 is 11.1 Å². The molecule has 1 heterocycles. The number of nitrogens with one attached hydrogen (secondary N) is 1. The maximum absolute atomic E-state index is 11.7. The lowest BCUT2D eigenvalue weighted by Gasteiger charge is -2.23. The molecule has 0 fully saturated rings. The van der Waals surface area contributed by atoms with E-state index in [1.54, 1.807) is 13.8 Å². The van der Waals surface area contributed by atoms with Gasteiger partial charge in [-0.2, -0.15) is 0 Å². The third kappa shape index (κ3) is 4.41. The minimum atomic E-state index is -0.600. The van der Waals surface area contributed by atoms with Gasteiger partial charge in [0, 0.05) is 5.38 Å². The number of aliphatic hydroxyl groups excluding tert-OH is 1. The number of carbonyl (C=O) groups is 1. The number of rotatable bonds is 5. The molecule has 0 spiro atoms. The number of thiazole rings is 1. The van der Waals surface area contributed by atoms with Gasteiger partial charge in [-0.3, -0.25) is 4.79 Å². The predicted molar refractivity (Wildman–Crippen MR) is 67.7 cm³/mol. The lowest BCUT2D eigenvalue weighted by Crippen LogP contribution is -2.46. The minimum absolute atomic E-state index is 0.0963. The Bertz CT molecular complexity index is 388. The topological polar surface area (TPSA) is 88.2 Å². The normalized spacial score (nSPS) is 13.5.